The minimum absolute atomic E-state index is 0.194. The zero-order valence-corrected chi connectivity index (χ0v) is 14.8. The molecule has 24 heavy (non-hydrogen) atoms. The van der Waals surface area contributed by atoms with Gasteiger partial charge in [0.05, 0.1) is 24.0 Å². The summed E-state index contributed by atoms with van der Waals surface area (Å²) >= 11 is 1.42. The molecule has 8 nitrogen and oxygen atoms in total. The molecular weight excluding hydrogens is 352 g/mol. The second kappa shape index (κ2) is 7.60. The first-order valence-corrected chi connectivity index (χ1v) is 10.0. The number of hydrogen-bond acceptors (Lipinski definition) is 8. The molecule has 0 saturated carbocycles. The van der Waals surface area contributed by atoms with Crippen LogP contribution in [0.15, 0.2) is 32.8 Å². The van der Waals surface area contributed by atoms with E-state index < -0.39 is 10.0 Å². The fourth-order valence-electron chi connectivity index (χ4n) is 2.17. The van der Waals surface area contributed by atoms with Crippen LogP contribution < -0.4 is 0 Å². The van der Waals surface area contributed by atoms with Crippen LogP contribution in [0, 0.1) is 0 Å². The van der Waals surface area contributed by atoms with E-state index in [4.69, 9.17) is 9.26 Å². The van der Waals surface area contributed by atoms with Crippen molar-refractivity contribution in [2.75, 3.05) is 26.3 Å². The third-order valence-corrected chi connectivity index (χ3v) is 6.30. The Kier molecular flexibility index (Phi) is 5.49. The van der Waals surface area contributed by atoms with Gasteiger partial charge in [0, 0.05) is 25.7 Å². The molecule has 1 aliphatic rings. The summed E-state index contributed by atoms with van der Waals surface area (Å²) in [5.41, 5.74) is 0. The van der Waals surface area contributed by atoms with Gasteiger partial charge in [-0.05, 0) is 12.1 Å². The second-order valence-electron chi connectivity index (χ2n) is 5.10. The molecule has 1 saturated heterocycles. The second-order valence-corrected chi connectivity index (χ2v) is 8.03. The molecule has 0 bridgehead atoms. The summed E-state index contributed by atoms with van der Waals surface area (Å²) in [5, 5.41) is 4.53. The fourth-order valence-corrected chi connectivity index (χ4v) is 4.20. The van der Waals surface area contributed by atoms with Gasteiger partial charge in [-0.3, -0.25) is 0 Å². The fraction of sp³-hybridized carbons (Fsp3) is 0.500. The van der Waals surface area contributed by atoms with Gasteiger partial charge < -0.3 is 9.26 Å². The van der Waals surface area contributed by atoms with Crippen LogP contribution in [0.4, 0.5) is 0 Å². The number of ether oxygens (including phenoxy) is 1. The number of morpholine rings is 1. The number of hydrogen-bond donors (Lipinski definition) is 0. The minimum Gasteiger partial charge on any atom is -0.379 e. The van der Waals surface area contributed by atoms with Gasteiger partial charge in [0.1, 0.15) is 4.90 Å². The monoisotopic (exact) mass is 370 g/mol. The predicted molar refractivity (Wildman–Crippen MR) is 87.1 cm³/mol. The van der Waals surface area contributed by atoms with Gasteiger partial charge in [-0.15, -0.1) is 0 Å². The van der Waals surface area contributed by atoms with E-state index in [0.717, 1.165) is 6.42 Å². The average Bonchev–Trinajstić information content (AvgIpc) is 3.09. The van der Waals surface area contributed by atoms with Gasteiger partial charge in [0.15, 0.2) is 5.82 Å². The normalized spacial score (nSPS) is 16.4. The van der Waals surface area contributed by atoms with Gasteiger partial charge in [-0.2, -0.15) is 9.29 Å². The molecule has 10 heteroatoms. The zero-order valence-electron chi connectivity index (χ0n) is 13.2. The lowest BCUT2D eigenvalue weighted by Gasteiger charge is -2.25. The topological polar surface area (TPSA) is 98.4 Å². The summed E-state index contributed by atoms with van der Waals surface area (Å²) < 4.78 is 36.7. The Morgan fingerprint density at radius 3 is 2.71 bits per heavy atom. The van der Waals surface area contributed by atoms with E-state index >= 15 is 0 Å². The van der Waals surface area contributed by atoms with Crippen molar-refractivity contribution < 1.29 is 17.7 Å². The van der Waals surface area contributed by atoms with Gasteiger partial charge in [0.2, 0.25) is 15.9 Å². The zero-order chi connectivity index (χ0) is 17.0. The van der Waals surface area contributed by atoms with Crippen molar-refractivity contribution in [2.45, 2.75) is 29.0 Å². The molecule has 2 aromatic heterocycles. The van der Waals surface area contributed by atoms with Crippen LogP contribution in [-0.4, -0.2) is 54.2 Å². The van der Waals surface area contributed by atoms with Crippen molar-refractivity contribution in [3.63, 3.8) is 0 Å². The van der Waals surface area contributed by atoms with Crippen molar-refractivity contribution in [3.05, 3.63) is 30.0 Å². The Morgan fingerprint density at radius 2 is 2.08 bits per heavy atom. The molecule has 0 atom stereocenters. The average molecular weight is 370 g/mol. The lowest BCUT2D eigenvalue weighted by molar-refractivity contribution is 0.0730. The molecule has 130 valence electrons. The number of sulfonamides is 1. The number of pyridine rings is 1. The lowest BCUT2D eigenvalue weighted by Crippen LogP contribution is -2.40. The van der Waals surface area contributed by atoms with Crippen molar-refractivity contribution in [3.8, 4) is 0 Å². The van der Waals surface area contributed by atoms with Crippen molar-refractivity contribution >= 4 is 21.8 Å². The maximum Gasteiger partial charge on any atom is 0.244 e. The highest BCUT2D eigenvalue weighted by Crippen LogP contribution is 2.22. The smallest absolute Gasteiger partial charge is 0.244 e. The molecule has 0 radical (unpaired) electrons. The van der Waals surface area contributed by atoms with Crippen molar-refractivity contribution in [1.82, 2.24) is 19.4 Å². The highest BCUT2D eigenvalue weighted by atomic mass is 32.2. The molecule has 3 rings (SSSR count). The summed E-state index contributed by atoms with van der Waals surface area (Å²) in [6, 6.07) is 3.26. The molecule has 0 aliphatic carbocycles. The molecule has 0 amide bonds. The highest BCUT2D eigenvalue weighted by Gasteiger charge is 2.26. The number of thioether (sulfide) groups is 1. The summed E-state index contributed by atoms with van der Waals surface area (Å²) in [6.45, 7) is 3.54. The first-order chi connectivity index (χ1) is 11.6. The Labute approximate surface area is 144 Å². The Hall–Kier alpha value is -1.49. The molecule has 2 aromatic rings. The van der Waals surface area contributed by atoms with E-state index in [0.29, 0.717) is 48.8 Å². The predicted octanol–water partition coefficient (Wildman–Crippen LogP) is 1.34. The SMILES string of the molecule is CCc1noc(CSc2ccc(S(=O)(=O)N3CCOCC3)cn2)n1. The Bertz CT molecular complexity index is 770. The number of rotatable bonds is 6. The van der Waals surface area contributed by atoms with Gasteiger partial charge >= 0.3 is 0 Å². The first kappa shape index (κ1) is 17.3. The maximum atomic E-state index is 12.5. The quantitative estimate of drug-likeness (QED) is 0.703. The van der Waals surface area contributed by atoms with E-state index in [1.807, 2.05) is 6.92 Å². The van der Waals surface area contributed by atoms with E-state index in [-0.39, 0.29) is 4.90 Å². The van der Waals surface area contributed by atoms with E-state index in [1.165, 1.54) is 22.3 Å². The van der Waals surface area contributed by atoms with Crippen LogP contribution >= 0.6 is 11.8 Å². The van der Waals surface area contributed by atoms with Gasteiger partial charge in [-0.1, -0.05) is 23.8 Å². The molecule has 0 unspecified atom stereocenters. The van der Waals surface area contributed by atoms with E-state index in [1.54, 1.807) is 12.1 Å². The first-order valence-electron chi connectivity index (χ1n) is 7.58. The van der Waals surface area contributed by atoms with Crippen LogP contribution in [0.3, 0.4) is 0 Å². The third-order valence-electron chi connectivity index (χ3n) is 3.49. The standard InChI is InChI=1S/C14H18N4O4S2/c1-2-12-16-13(22-17-12)10-23-14-4-3-11(9-15-14)24(19,20)18-5-7-21-8-6-18/h3-4,9H,2,5-8,10H2,1H3. The van der Waals surface area contributed by atoms with Crippen LogP contribution in [0.1, 0.15) is 18.6 Å². The summed E-state index contributed by atoms with van der Waals surface area (Å²) in [7, 11) is -3.51. The Morgan fingerprint density at radius 1 is 1.29 bits per heavy atom. The van der Waals surface area contributed by atoms with Crippen LogP contribution in [0.2, 0.25) is 0 Å². The third kappa shape index (κ3) is 3.94. The molecule has 1 fully saturated rings. The summed E-state index contributed by atoms with van der Waals surface area (Å²) in [4.78, 5) is 8.63. The van der Waals surface area contributed by atoms with E-state index in [9.17, 15) is 8.42 Å². The molecule has 3 heterocycles. The number of nitrogens with zero attached hydrogens (tertiary/aromatic N) is 4. The number of aromatic nitrogens is 3. The molecule has 0 aromatic carbocycles. The largest absolute Gasteiger partial charge is 0.379 e. The molecule has 1 aliphatic heterocycles. The van der Waals surface area contributed by atoms with E-state index in [2.05, 4.69) is 15.1 Å². The number of aryl methyl sites for hydroxylation is 1. The van der Waals surface area contributed by atoms with Crippen LogP contribution in [0.25, 0.3) is 0 Å². The maximum absolute atomic E-state index is 12.5. The van der Waals surface area contributed by atoms with Crippen LogP contribution in [0.5, 0.6) is 0 Å². The highest BCUT2D eigenvalue weighted by molar-refractivity contribution is 7.98. The molecule has 0 N–H and O–H groups in total. The van der Waals surface area contributed by atoms with Crippen molar-refractivity contribution in [2.24, 2.45) is 0 Å². The van der Waals surface area contributed by atoms with Gasteiger partial charge in [-0.25, -0.2) is 13.4 Å². The van der Waals surface area contributed by atoms with Crippen LogP contribution in [-0.2, 0) is 26.9 Å². The minimum atomic E-state index is -3.51. The summed E-state index contributed by atoms with van der Waals surface area (Å²) in [6.07, 6.45) is 2.11. The summed E-state index contributed by atoms with van der Waals surface area (Å²) in [5.74, 6) is 1.70. The Balaban J connectivity index is 1.64. The van der Waals surface area contributed by atoms with Gasteiger partial charge in [0.25, 0.3) is 0 Å². The molecule has 0 spiro atoms. The molecular formula is C14H18N4O4S2. The lowest BCUT2D eigenvalue weighted by atomic mass is 10.5. The van der Waals surface area contributed by atoms with Crippen molar-refractivity contribution in [1.29, 1.82) is 0 Å².